The number of unbranched alkanes of at least 4 members (excludes halogenated alkanes) is 1. The molecular weight excluding hydrogens is 224 g/mol. The van der Waals surface area contributed by atoms with Gasteiger partial charge in [-0.3, -0.25) is 9.89 Å². The van der Waals surface area contributed by atoms with Gasteiger partial charge in [0.2, 0.25) is 5.91 Å². The van der Waals surface area contributed by atoms with Crippen molar-refractivity contribution in [2.75, 3.05) is 0 Å². The average Bonchev–Trinajstić information content (AvgIpc) is 2.54. The number of primary amides is 1. The van der Waals surface area contributed by atoms with E-state index in [1.165, 1.54) is 0 Å². The summed E-state index contributed by atoms with van der Waals surface area (Å²) >= 11 is 5.15. The van der Waals surface area contributed by atoms with Crippen molar-refractivity contribution >= 4 is 18.1 Å². The van der Waals surface area contributed by atoms with Crippen LogP contribution in [0.4, 0.5) is 0 Å². The van der Waals surface area contributed by atoms with Crippen LogP contribution >= 0.6 is 12.2 Å². The Balaban J connectivity index is 2.56. The first kappa shape index (κ1) is 12.9. The van der Waals surface area contributed by atoms with Crippen LogP contribution in [0.1, 0.15) is 44.9 Å². The number of nitrogens with two attached hydrogens (primary N) is 1. The quantitative estimate of drug-likeness (QED) is 0.589. The maximum absolute atomic E-state index is 10.6. The zero-order chi connectivity index (χ0) is 12.1. The summed E-state index contributed by atoms with van der Waals surface area (Å²) in [5, 5.41) is 6.98. The SMILES string of the molecule is CC(C)c1n[nH]c(=S)n1CCCCC(N)=O. The van der Waals surface area contributed by atoms with Crippen molar-refractivity contribution in [2.24, 2.45) is 5.73 Å². The molecule has 0 aliphatic rings. The number of nitrogens with one attached hydrogen (secondary N) is 1. The maximum atomic E-state index is 10.6. The van der Waals surface area contributed by atoms with Gasteiger partial charge >= 0.3 is 0 Å². The fourth-order valence-corrected chi connectivity index (χ4v) is 1.79. The summed E-state index contributed by atoms with van der Waals surface area (Å²) in [6.07, 6.45) is 2.11. The van der Waals surface area contributed by atoms with E-state index in [0.717, 1.165) is 25.2 Å². The third-order valence-electron chi connectivity index (χ3n) is 2.36. The molecule has 1 amide bonds. The van der Waals surface area contributed by atoms with E-state index in [9.17, 15) is 4.79 Å². The summed E-state index contributed by atoms with van der Waals surface area (Å²) in [5.41, 5.74) is 5.08. The number of H-pyrrole nitrogens is 1. The second kappa shape index (κ2) is 5.79. The lowest BCUT2D eigenvalue weighted by Crippen LogP contribution is -2.11. The van der Waals surface area contributed by atoms with Crippen molar-refractivity contribution in [3.05, 3.63) is 10.6 Å². The zero-order valence-electron chi connectivity index (χ0n) is 9.69. The number of carbonyl (C=O) groups is 1. The number of amides is 1. The van der Waals surface area contributed by atoms with E-state index >= 15 is 0 Å². The van der Waals surface area contributed by atoms with Crippen LogP contribution in [0.25, 0.3) is 0 Å². The van der Waals surface area contributed by atoms with Gasteiger partial charge in [0.15, 0.2) is 4.77 Å². The van der Waals surface area contributed by atoms with Gasteiger partial charge in [-0.05, 0) is 25.1 Å². The highest BCUT2D eigenvalue weighted by atomic mass is 32.1. The maximum Gasteiger partial charge on any atom is 0.217 e. The van der Waals surface area contributed by atoms with Gasteiger partial charge in [0.25, 0.3) is 0 Å². The van der Waals surface area contributed by atoms with Crippen LogP contribution in [0.2, 0.25) is 0 Å². The first-order valence-corrected chi connectivity index (χ1v) is 5.86. The molecule has 0 unspecified atom stereocenters. The minimum absolute atomic E-state index is 0.250. The highest BCUT2D eigenvalue weighted by Crippen LogP contribution is 2.12. The van der Waals surface area contributed by atoms with E-state index in [0.29, 0.717) is 17.1 Å². The molecule has 0 fully saturated rings. The fraction of sp³-hybridized carbons (Fsp3) is 0.700. The Morgan fingerprint density at radius 2 is 2.25 bits per heavy atom. The van der Waals surface area contributed by atoms with E-state index in [1.54, 1.807) is 0 Å². The lowest BCUT2D eigenvalue weighted by Gasteiger charge is -2.08. The summed E-state index contributed by atoms with van der Waals surface area (Å²) < 4.78 is 2.63. The predicted octanol–water partition coefficient (Wildman–Crippen LogP) is 1.72. The minimum atomic E-state index is -0.250. The Kier molecular flexibility index (Phi) is 4.67. The summed E-state index contributed by atoms with van der Waals surface area (Å²) in [4.78, 5) is 10.6. The molecular formula is C10H18N4OS. The molecule has 0 spiro atoms. The number of carbonyl (C=O) groups excluding carboxylic acids is 1. The van der Waals surface area contributed by atoms with Crippen molar-refractivity contribution in [2.45, 2.75) is 45.6 Å². The molecule has 0 saturated carbocycles. The Labute approximate surface area is 100 Å². The normalized spacial score (nSPS) is 10.9. The molecule has 1 aromatic heterocycles. The Morgan fingerprint density at radius 1 is 1.56 bits per heavy atom. The number of nitrogens with zero attached hydrogens (tertiary/aromatic N) is 2. The largest absolute Gasteiger partial charge is 0.370 e. The van der Waals surface area contributed by atoms with Crippen LogP contribution in [0.3, 0.4) is 0 Å². The molecule has 3 N–H and O–H groups in total. The van der Waals surface area contributed by atoms with Crippen LogP contribution < -0.4 is 5.73 Å². The van der Waals surface area contributed by atoms with Crippen LogP contribution in [0.5, 0.6) is 0 Å². The van der Waals surface area contributed by atoms with Gasteiger partial charge in [0.1, 0.15) is 5.82 Å². The van der Waals surface area contributed by atoms with E-state index in [-0.39, 0.29) is 5.91 Å². The number of hydrogen-bond acceptors (Lipinski definition) is 3. The first-order chi connectivity index (χ1) is 7.52. The predicted molar refractivity (Wildman–Crippen MR) is 64.5 cm³/mol. The summed E-state index contributed by atoms with van der Waals surface area (Å²) in [6, 6.07) is 0. The van der Waals surface area contributed by atoms with E-state index in [2.05, 4.69) is 24.0 Å². The summed E-state index contributed by atoms with van der Waals surface area (Å²) in [5.74, 6) is 1.05. The van der Waals surface area contributed by atoms with Gasteiger partial charge in [0.05, 0.1) is 0 Å². The molecule has 0 atom stereocenters. The Bertz CT molecular complexity index is 407. The highest BCUT2D eigenvalue weighted by Gasteiger charge is 2.09. The molecule has 16 heavy (non-hydrogen) atoms. The van der Waals surface area contributed by atoms with Crippen molar-refractivity contribution in [1.82, 2.24) is 14.8 Å². The van der Waals surface area contributed by atoms with Crippen molar-refractivity contribution in [3.63, 3.8) is 0 Å². The van der Waals surface area contributed by atoms with Gasteiger partial charge in [-0.1, -0.05) is 13.8 Å². The highest BCUT2D eigenvalue weighted by molar-refractivity contribution is 7.71. The molecule has 0 aliphatic heterocycles. The van der Waals surface area contributed by atoms with Crippen molar-refractivity contribution < 1.29 is 4.79 Å². The minimum Gasteiger partial charge on any atom is -0.370 e. The van der Waals surface area contributed by atoms with Crippen molar-refractivity contribution in [1.29, 1.82) is 0 Å². The number of rotatable bonds is 6. The van der Waals surface area contributed by atoms with Crippen LogP contribution in [0, 0.1) is 4.77 Å². The van der Waals surface area contributed by atoms with Crippen molar-refractivity contribution in [3.8, 4) is 0 Å². The van der Waals surface area contributed by atoms with Gasteiger partial charge in [-0.15, -0.1) is 0 Å². The van der Waals surface area contributed by atoms with Crippen LogP contribution in [-0.2, 0) is 11.3 Å². The van der Waals surface area contributed by atoms with Gasteiger partial charge in [-0.25, -0.2) is 0 Å². The molecule has 90 valence electrons. The lowest BCUT2D eigenvalue weighted by molar-refractivity contribution is -0.118. The van der Waals surface area contributed by atoms with Gasteiger partial charge < -0.3 is 10.3 Å². The molecule has 0 saturated heterocycles. The molecule has 6 heteroatoms. The Hall–Kier alpha value is -1.17. The van der Waals surface area contributed by atoms with E-state index in [1.807, 2.05) is 4.57 Å². The number of hydrogen-bond donors (Lipinski definition) is 2. The molecule has 1 heterocycles. The van der Waals surface area contributed by atoms with Gasteiger partial charge in [0, 0.05) is 18.9 Å². The van der Waals surface area contributed by atoms with E-state index in [4.69, 9.17) is 18.0 Å². The Morgan fingerprint density at radius 3 is 2.81 bits per heavy atom. The standard InChI is InChI=1S/C10H18N4OS/c1-7(2)9-12-13-10(16)14(9)6-4-3-5-8(11)15/h7H,3-6H2,1-2H3,(H2,11,15)(H,13,16). The van der Waals surface area contributed by atoms with E-state index < -0.39 is 0 Å². The monoisotopic (exact) mass is 242 g/mol. The third-order valence-corrected chi connectivity index (χ3v) is 2.67. The average molecular weight is 242 g/mol. The number of aromatic amines is 1. The lowest BCUT2D eigenvalue weighted by atomic mass is 10.2. The topological polar surface area (TPSA) is 76.7 Å². The van der Waals surface area contributed by atoms with Gasteiger partial charge in [-0.2, -0.15) is 5.10 Å². The molecule has 1 aromatic rings. The molecule has 0 bridgehead atoms. The summed E-state index contributed by atoms with van der Waals surface area (Å²) in [6.45, 7) is 4.94. The second-order valence-corrected chi connectivity index (χ2v) is 4.50. The molecule has 1 rings (SSSR count). The second-order valence-electron chi connectivity index (χ2n) is 4.12. The zero-order valence-corrected chi connectivity index (χ0v) is 10.5. The molecule has 5 nitrogen and oxygen atoms in total. The molecule has 0 aliphatic carbocycles. The van der Waals surface area contributed by atoms with Crippen LogP contribution in [0.15, 0.2) is 0 Å². The van der Waals surface area contributed by atoms with Crippen LogP contribution in [-0.4, -0.2) is 20.7 Å². The molecule has 0 aromatic carbocycles. The smallest absolute Gasteiger partial charge is 0.217 e. The number of aromatic nitrogens is 3. The molecule has 0 radical (unpaired) electrons. The first-order valence-electron chi connectivity index (χ1n) is 5.45. The third kappa shape index (κ3) is 3.44. The summed E-state index contributed by atoms with van der Waals surface area (Å²) in [7, 11) is 0. The fourth-order valence-electron chi connectivity index (χ4n) is 1.56.